The predicted octanol–water partition coefficient (Wildman–Crippen LogP) is 4.38. The van der Waals surface area contributed by atoms with Crippen molar-refractivity contribution in [3.05, 3.63) is 57.2 Å². The highest BCUT2D eigenvalue weighted by Gasteiger charge is 2.21. The molecule has 2 heterocycles. The third-order valence-electron chi connectivity index (χ3n) is 4.63. The molecule has 1 aromatic carbocycles. The van der Waals surface area contributed by atoms with Crippen LogP contribution in [0, 0.1) is 5.92 Å². The van der Waals surface area contributed by atoms with E-state index in [-0.39, 0.29) is 10.8 Å². The molecule has 146 valence electrons. The van der Waals surface area contributed by atoms with Crippen LogP contribution in [-0.4, -0.2) is 19.3 Å². The van der Waals surface area contributed by atoms with Crippen molar-refractivity contribution in [1.29, 1.82) is 0 Å². The number of thiophene rings is 1. The fraction of sp³-hybridized carbons (Fsp3) is 0.263. The fourth-order valence-corrected chi connectivity index (χ4v) is 6.07. The van der Waals surface area contributed by atoms with E-state index < -0.39 is 10.0 Å². The SMILES string of the molecule is C[C@@H]1CCc2sc(C(=O)Nc3ccc(S(=O)(=O)Nc4nccs4)cc3)cc2C1. The molecule has 1 amide bonds. The van der Waals surface area contributed by atoms with Crippen molar-refractivity contribution in [2.75, 3.05) is 10.0 Å². The largest absolute Gasteiger partial charge is 0.321 e. The molecule has 3 aromatic rings. The van der Waals surface area contributed by atoms with Crippen LogP contribution >= 0.6 is 22.7 Å². The summed E-state index contributed by atoms with van der Waals surface area (Å²) in [6, 6.07) is 8.09. The van der Waals surface area contributed by atoms with E-state index in [2.05, 4.69) is 21.9 Å². The van der Waals surface area contributed by atoms with Crippen molar-refractivity contribution in [2.24, 2.45) is 5.92 Å². The normalized spacial score (nSPS) is 16.4. The number of aromatic nitrogens is 1. The lowest BCUT2D eigenvalue weighted by atomic mass is 9.90. The van der Waals surface area contributed by atoms with Crippen molar-refractivity contribution in [3.63, 3.8) is 0 Å². The molecule has 0 bridgehead atoms. The molecule has 0 aliphatic heterocycles. The van der Waals surface area contributed by atoms with Gasteiger partial charge in [0.1, 0.15) is 0 Å². The number of aryl methyl sites for hydroxylation is 1. The molecule has 0 fully saturated rings. The predicted molar refractivity (Wildman–Crippen MR) is 113 cm³/mol. The lowest BCUT2D eigenvalue weighted by Gasteiger charge is -2.16. The van der Waals surface area contributed by atoms with Crippen LogP contribution in [0.1, 0.15) is 33.5 Å². The number of hydrogen-bond acceptors (Lipinski definition) is 6. The van der Waals surface area contributed by atoms with E-state index in [0.29, 0.717) is 21.6 Å². The van der Waals surface area contributed by atoms with Crippen molar-refractivity contribution < 1.29 is 13.2 Å². The molecule has 2 N–H and O–H groups in total. The van der Waals surface area contributed by atoms with Gasteiger partial charge in [0.05, 0.1) is 9.77 Å². The molecule has 1 atom stereocenters. The van der Waals surface area contributed by atoms with Crippen LogP contribution in [-0.2, 0) is 22.9 Å². The Morgan fingerprint density at radius 2 is 2.04 bits per heavy atom. The lowest BCUT2D eigenvalue weighted by molar-refractivity contribution is 0.103. The Labute approximate surface area is 171 Å². The van der Waals surface area contributed by atoms with E-state index in [0.717, 1.165) is 12.8 Å². The second kappa shape index (κ2) is 7.65. The van der Waals surface area contributed by atoms with Gasteiger partial charge in [-0.3, -0.25) is 9.52 Å². The van der Waals surface area contributed by atoms with Crippen LogP contribution in [0.3, 0.4) is 0 Å². The molecule has 1 aliphatic carbocycles. The highest BCUT2D eigenvalue weighted by atomic mass is 32.2. The van der Waals surface area contributed by atoms with Gasteiger partial charge >= 0.3 is 0 Å². The Morgan fingerprint density at radius 1 is 1.25 bits per heavy atom. The summed E-state index contributed by atoms with van der Waals surface area (Å²) in [4.78, 5) is 18.6. The zero-order valence-electron chi connectivity index (χ0n) is 15.1. The molecular formula is C19H19N3O3S3. The lowest BCUT2D eigenvalue weighted by Crippen LogP contribution is -2.13. The molecule has 0 saturated heterocycles. The Bertz CT molecular complexity index is 1090. The van der Waals surface area contributed by atoms with Crippen LogP contribution in [0.15, 0.2) is 46.8 Å². The van der Waals surface area contributed by atoms with Crippen LogP contribution in [0.4, 0.5) is 10.8 Å². The van der Waals surface area contributed by atoms with Crippen LogP contribution < -0.4 is 10.0 Å². The summed E-state index contributed by atoms with van der Waals surface area (Å²) in [6.45, 7) is 2.24. The molecule has 4 rings (SSSR count). The maximum atomic E-state index is 12.6. The van der Waals surface area contributed by atoms with E-state index in [9.17, 15) is 13.2 Å². The van der Waals surface area contributed by atoms with Crippen molar-refractivity contribution in [3.8, 4) is 0 Å². The van der Waals surface area contributed by atoms with E-state index in [1.807, 2.05) is 6.07 Å². The van der Waals surface area contributed by atoms with Gasteiger partial charge in [-0.25, -0.2) is 13.4 Å². The summed E-state index contributed by atoms with van der Waals surface area (Å²) in [5.74, 6) is 0.495. The highest BCUT2D eigenvalue weighted by molar-refractivity contribution is 7.93. The molecular weight excluding hydrogens is 414 g/mol. The zero-order valence-corrected chi connectivity index (χ0v) is 17.6. The van der Waals surface area contributed by atoms with Gasteiger partial charge < -0.3 is 5.32 Å². The number of thiazole rings is 1. The summed E-state index contributed by atoms with van der Waals surface area (Å²) < 4.78 is 27.2. The molecule has 6 nitrogen and oxygen atoms in total. The summed E-state index contributed by atoms with van der Waals surface area (Å²) in [6.07, 6.45) is 4.76. The number of amides is 1. The molecule has 0 unspecified atom stereocenters. The van der Waals surface area contributed by atoms with E-state index >= 15 is 0 Å². The first-order chi connectivity index (χ1) is 13.4. The first-order valence-corrected chi connectivity index (χ1v) is 12.0. The fourth-order valence-electron chi connectivity index (χ4n) is 3.18. The van der Waals surface area contributed by atoms with Gasteiger partial charge in [-0.15, -0.1) is 22.7 Å². The summed E-state index contributed by atoms with van der Waals surface area (Å²) in [5, 5.41) is 4.86. The van der Waals surface area contributed by atoms with Crippen molar-refractivity contribution in [2.45, 2.75) is 31.1 Å². The topological polar surface area (TPSA) is 88.2 Å². The monoisotopic (exact) mass is 433 g/mol. The van der Waals surface area contributed by atoms with E-state index in [1.54, 1.807) is 28.8 Å². The Hall–Kier alpha value is -2.23. The summed E-state index contributed by atoms with van der Waals surface area (Å²) >= 11 is 2.76. The Balaban J connectivity index is 1.45. The number of sulfonamides is 1. The van der Waals surface area contributed by atoms with E-state index in [4.69, 9.17) is 0 Å². The highest BCUT2D eigenvalue weighted by Crippen LogP contribution is 2.32. The number of hydrogen-bond donors (Lipinski definition) is 2. The van der Waals surface area contributed by atoms with Crippen LogP contribution in [0.25, 0.3) is 0 Å². The minimum atomic E-state index is -3.70. The number of nitrogens with one attached hydrogen (secondary N) is 2. The minimum absolute atomic E-state index is 0.112. The molecule has 0 saturated carbocycles. The van der Waals surface area contributed by atoms with Gasteiger partial charge in [-0.05, 0) is 61.1 Å². The number of carbonyl (C=O) groups is 1. The van der Waals surface area contributed by atoms with Gasteiger partial charge in [0.15, 0.2) is 5.13 Å². The minimum Gasteiger partial charge on any atom is -0.321 e. The second-order valence-electron chi connectivity index (χ2n) is 6.83. The number of rotatable bonds is 5. The van der Waals surface area contributed by atoms with Crippen LogP contribution in [0.2, 0.25) is 0 Å². The molecule has 9 heteroatoms. The standard InChI is InChI=1S/C19H19N3O3S3/c1-12-2-7-16-13(10-12)11-17(27-16)18(23)21-14-3-5-15(6-4-14)28(24,25)22-19-20-8-9-26-19/h3-6,8-9,11-12H,2,7,10H2,1H3,(H,20,22)(H,21,23)/t12-/m1/s1. The molecule has 2 aromatic heterocycles. The maximum absolute atomic E-state index is 12.6. The second-order valence-corrected chi connectivity index (χ2v) is 10.5. The average molecular weight is 434 g/mol. The summed E-state index contributed by atoms with van der Waals surface area (Å²) in [5.41, 5.74) is 1.83. The number of carbonyl (C=O) groups excluding carboxylic acids is 1. The number of benzene rings is 1. The van der Waals surface area contributed by atoms with Crippen molar-refractivity contribution >= 4 is 49.4 Å². The first-order valence-electron chi connectivity index (χ1n) is 8.86. The molecule has 0 radical (unpaired) electrons. The maximum Gasteiger partial charge on any atom is 0.265 e. The first kappa shape index (κ1) is 19.1. The Kier molecular flexibility index (Phi) is 5.22. The third-order valence-corrected chi connectivity index (χ3v) is 8.04. The van der Waals surface area contributed by atoms with Gasteiger partial charge in [0.25, 0.3) is 15.9 Å². The number of fused-ring (bicyclic) bond motifs is 1. The number of anilines is 2. The average Bonchev–Trinajstić information content (AvgIpc) is 3.31. The van der Waals surface area contributed by atoms with Crippen LogP contribution in [0.5, 0.6) is 0 Å². The van der Waals surface area contributed by atoms with Crippen molar-refractivity contribution in [1.82, 2.24) is 4.98 Å². The smallest absolute Gasteiger partial charge is 0.265 e. The molecule has 28 heavy (non-hydrogen) atoms. The molecule has 1 aliphatic rings. The third kappa shape index (κ3) is 4.11. The van der Waals surface area contributed by atoms with Gasteiger partial charge in [-0.2, -0.15) is 0 Å². The number of nitrogens with zero attached hydrogens (tertiary/aromatic N) is 1. The molecule has 0 spiro atoms. The quantitative estimate of drug-likeness (QED) is 0.625. The van der Waals surface area contributed by atoms with E-state index in [1.165, 1.54) is 46.5 Å². The van der Waals surface area contributed by atoms with Gasteiger partial charge in [0, 0.05) is 22.1 Å². The van der Waals surface area contributed by atoms with Gasteiger partial charge in [0.2, 0.25) is 0 Å². The van der Waals surface area contributed by atoms with Gasteiger partial charge in [-0.1, -0.05) is 6.92 Å². The zero-order chi connectivity index (χ0) is 19.7. The summed E-state index contributed by atoms with van der Waals surface area (Å²) in [7, 11) is -3.70. The Morgan fingerprint density at radius 3 is 2.75 bits per heavy atom.